The van der Waals surface area contributed by atoms with Gasteiger partial charge in [-0.05, 0) is 30.0 Å². The molecule has 1 atom stereocenters. The molecule has 0 saturated carbocycles. The van der Waals surface area contributed by atoms with Gasteiger partial charge in [-0.15, -0.1) is 0 Å². The molecule has 134 valence electrons. The Bertz CT molecular complexity index is 517. The fourth-order valence-corrected chi connectivity index (χ4v) is 2.80. The lowest BCUT2D eigenvalue weighted by molar-refractivity contribution is 0.0320. The van der Waals surface area contributed by atoms with Crippen molar-refractivity contribution in [3.63, 3.8) is 0 Å². The van der Waals surface area contributed by atoms with Crippen molar-refractivity contribution in [1.82, 2.24) is 15.5 Å². The first-order chi connectivity index (χ1) is 11.7. The van der Waals surface area contributed by atoms with Gasteiger partial charge < -0.3 is 15.4 Å². The molecule has 1 aliphatic heterocycles. The van der Waals surface area contributed by atoms with E-state index >= 15 is 0 Å². The van der Waals surface area contributed by atoms with Crippen molar-refractivity contribution >= 4 is 5.96 Å². The van der Waals surface area contributed by atoms with Crippen LogP contribution in [0, 0.1) is 11.7 Å². The molecule has 1 aromatic rings. The topological polar surface area (TPSA) is 48.9 Å². The van der Waals surface area contributed by atoms with Gasteiger partial charge in [0.05, 0.1) is 13.2 Å². The summed E-state index contributed by atoms with van der Waals surface area (Å²) < 4.78 is 18.5. The minimum Gasteiger partial charge on any atom is -0.379 e. The highest BCUT2D eigenvalue weighted by Crippen LogP contribution is 2.04. The first kappa shape index (κ1) is 18.7. The van der Waals surface area contributed by atoms with Crippen LogP contribution in [0.3, 0.4) is 0 Å². The Kier molecular flexibility index (Phi) is 7.98. The standard InChI is InChI=1S/C18H29FN4O/c1-15(14-23-8-10-24-11-9-23)13-22-18(20-2)21-7-6-16-4-3-5-17(19)12-16/h3-5,12,15H,6-11,13-14H2,1-2H3,(H2,20,21,22). The number of aliphatic imine (C=N–C) groups is 1. The Hall–Kier alpha value is -1.66. The number of benzene rings is 1. The largest absolute Gasteiger partial charge is 0.379 e. The zero-order valence-electron chi connectivity index (χ0n) is 14.7. The summed E-state index contributed by atoms with van der Waals surface area (Å²) >= 11 is 0. The number of nitrogens with one attached hydrogen (secondary N) is 2. The number of halogens is 1. The molecule has 0 bridgehead atoms. The van der Waals surface area contributed by atoms with Crippen molar-refractivity contribution in [3.8, 4) is 0 Å². The molecule has 1 aromatic carbocycles. The Morgan fingerprint density at radius 2 is 2.12 bits per heavy atom. The minimum absolute atomic E-state index is 0.188. The quantitative estimate of drug-likeness (QED) is 0.585. The molecule has 0 radical (unpaired) electrons. The zero-order chi connectivity index (χ0) is 17.2. The van der Waals surface area contributed by atoms with Crippen LogP contribution in [0.25, 0.3) is 0 Å². The highest BCUT2D eigenvalue weighted by atomic mass is 19.1. The molecule has 1 unspecified atom stereocenters. The van der Waals surface area contributed by atoms with Crippen LogP contribution in [0.5, 0.6) is 0 Å². The molecule has 1 heterocycles. The summed E-state index contributed by atoms with van der Waals surface area (Å²) in [6.07, 6.45) is 0.766. The lowest BCUT2D eigenvalue weighted by atomic mass is 10.1. The summed E-state index contributed by atoms with van der Waals surface area (Å²) in [5.74, 6) is 1.14. The van der Waals surface area contributed by atoms with E-state index in [0.29, 0.717) is 5.92 Å². The van der Waals surface area contributed by atoms with Gasteiger partial charge in [0.1, 0.15) is 5.82 Å². The summed E-state index contributed by atoms with van der Waals surface area (Å²) in [7, 11) is 1.77. The van der Waals surface area contributed by atoms with Crippen LogP contribution in [0.4, 0.5) is 4.39 Å². The molecule has 5 nitrogen and oxygen atoms in total. The summed E-state index contributed by atoms with van der Waals surface area (Å²) in [6, 6.07) is 6.71. The number of guanidine groups is 1. The first-order valence-electron chi connectivity index (χ1n) is 8.66. The maximum Gasteiger partial charge on any atom is 0.190 e. The van der Waals surface area contributed by atoms with Crippen molar-refractivity contribution in [2.45, 2.75) is 13.3 Å². The second-order valence-electron chi connectivity index (χ2n) is 6.28. The zero-order valence-corrected chi connectivity index (χ0v) is 14.7. The molecule has 1 fully saturated rings. The number of rotatable bonds is 7. The number of ether oxygens (including phenoxy) is 1. The molecule has 2 rings (SSSR count). The molecule has 0 aliphatic carbocycles. The highest BCUT2D eigenvalue weighted by Gasteiger charge is 2.13. The van der Waals surface area contributed by atoms with E-state index in [4.69, 9.17) is 4.74 Å². The third-order valence-electron chi connectivity index (χ3n) is 4.11. The Balaban J connectivity index is 1.64. The van der Waals surface area contributed by atoms with Gasteiger partial charge in [-0.1, -0.05) is 19.1 Å². The van der Waals surface area contributed by atoms with Crippen molar-refractivity contribution in [2.24, 2.45) is 10.9 Å². The molecule has 0 aromatic heterocycles. The monoisotopic (exact) mass is 336 g/mol. The molecule has 6 heteroatoms. The second kappa shape index (κ2) is 10.3. The second-order valence-corrected chi connectivity index (χ2v) is 6.28. The van der Waals surface area contributed by atoms with Gasteiger partial charge in [-0.25, -0.2) is 4.39 Å². The maximum atomic E-state index is 13.2. The van der Waals surface area contributed by atoms with Crippen molar-refractivity contribution < 1.29 is 9.13 Å². The smallest absolute Gasteiger partial charge is 0.190 e. The van der Waals surface area contributed by atoms with Gasteiger partial charge in [-0.3, -0.25) is 9.89 Å². The lowest BCUT2D eigenvalue weighted by Gasteiger charge is -2.29. The summed E-state index contributed by atoms with van der Waals surface area (Å²) in [6.45, 7) is 8.61. The maximum absolute atomic E-state index is 13.2. The molecule has 1 saturated heterocycles. The number of nitrogens with zero attached hydrogens (tertiary/aromatic N) is 2. The average molecular weight is 336 g/mol. The van der Waals surface area contributed by atoms with E-state index in [9.17, 15) is 4.39 Å². The Morgan fingerprint density at radius 1 is 1.33 bits per heavy atom. The van der Waals surface area contributed by atoms with Crippen LogP contribution in [0.2, 0.25) is 0 Å². The molecular formula is C18H29FN4O. The van der Waals surface area contributed by atoms with Gasteiger partial charge in [0, 0.05) is 39.8 Å². The molecule has 24 heavy (non-hydrogen) atoms. The van der Waals surface area contributed by atoms with E-state index in [1.807, 2.05) is 6.07 Å². The molecular weight excluding hydrogens is 307 g/mol. The summed E-state index contributed by atoms with van der Waals surface area (Å²) in [5.41, 5.74) is 0.985. The van der Waals surface area contributed by atoms with E-state index in [1.165, 1.54) is 6.07 Å². The van der Waals surface area contributed by atoms with E-state index < -0.39 is 0 Å². The van der Waals surface area contributed by atoms with Crippen LogP contribution in [0.1, 0.15) is 12.5 Å². The van der Waals surface area contributed by atoms with Crippen LogP contribution < -0.4 is 10.6 Å². The van der Waals surface area contributed by atoms with Gasteiger partial charge in [0.15, 0.2) is 5.96 Å². The highest BCUT2D eigenvalue weighted by molar-refractivity contribution is 5.79. The van der Waals surface area contributed by atoms with E-state index in [2.05, 4.69) is 27.4 Å². The van der Waals surface area contributed by atoms with Crippen molar-refractivity contribution in [2.75, 3.05) is 53.0 Å². The molecule has 2 N–H and O–H groups in total. The predicted octanol–water partition coefficient (Wildman–Crippen LogP) is 1.50. The fourth-order valence-electron chi connectivity index (χ4n) is 2.80. The lowest BCUT2D eigenvalue weighted by Crippen LogP contribution is -2.44. The number of morpholine rings is 1. The van der Waals surface area contributed by atoms with Crippen LogP contribution in [-0.2, 0) is 11.2 Å². The molecule has 0 amide bonds. The fraction of sp³-hybridized carbons (Fsp3) is 0.611. The predicted molar refractivity (Wildman–Crippen MR) is 95.9 cm³/mol. The third kappa shape index (κ3) is 6.84. The van der Waals surface area contributed by atoms with E-state index in [0.717, 1.165) is 63.9 Å². The normalized spacial score (nSPS) is 17.5. The first-order valence-corrected chi connectivity index (χ1v) is 8.66. The summed E-state index contributed by atoms with van der Waals surface area (Å²) in [5, 5.41) is 6.64. The van der Waals surface area contributed by atoms with E-state index in [-0.39, 0.29) is 5.82 Å². The Labute approximate surface area is 144 Å². The van der Waals surface area contributed by atoms with Crippen molar-refractivity contribution in [3.05, 3.63) is 35.6 Å². The third-order valence-corrected chi connectivity index (χ3v) is 4.11. The van der Waals surface area contributed by atoms with Crippen molar-refractivity contribution in [1.29, 1.82) is 0 Å². The SMILES string of the molecule is CN=C(NCCc1cccc(F)c1)NCC(C)CN1CCOCC1. The van der Waals surface area contributed by atoms with E-state index in [1.54, 1.807) is 19.2 Å². The number of hydrogen-bond acceptors (Lipinski definition) is 3. The van der Waals surface area contributed by atoms with Gasteiger partial charge >= 0.3 is 0 Å². The van der Waals surface area contributed by atoms with Crippen LogP contribution in [-0.4, -0.2) is 63.8 Å². The minimum atomic E-state index is -0.188. The Morgan fingerprint density at radius 3 is 2.83 bits per heavy atom. The average Bonchev–Trinajstić information content (AvgIpc) is 2.59. The molecule has 1 aliphatic rings. The number of hydrogen-bond donors (Lipinski definition) is 2. The van der Waals surface area contributed by atoms with Crippen LogP contribution in [0.15, 0.2) is 29.3 Å². The van der Waals surface area contributed by atoms with Crippen LogP contribution >= 0.6 is 0 Å². The van der Waals surface area contributed by atoms with Gasteiger partial charge in [-0.2, -0.15) is 0 Å². The van der Waals surface area contributed by atoms with Gasteiger partial charge in [0.2, 0.25) is 0 Å². The summed E-state index contributed by atoms with van der Waals surface area (Å²) in [4.78, 5) is 6.68. The molecule has 0 spiro atoms. The van der Waals surface area contributed by atoms with Gasteiger partial charge in [0.25, 0.3) is 0 Å².